The number of benzene rings is 2. The molecule has 2 aromatic rings. The van der Waals surface area contributed by atoms with Gasteiger partial charge in [-0.05, 0) is 60.9 Å². The van der Waals surface area contributed by atoms with Crippen LogP contribution in [0.3, 0.4) is 0 Å². The molecule has 2 N–H and O–H groups in total. The Morgan fingerprint density at radius 2 is 1.75 bits per heavy atom. The summed E-state index contributed by atoms with van der Waals surface area (Å²) in [4.78, 5) is 25.0. The molecule has 148 valence electrons. The molecule has 2 aromatic carbocycles. The molecule has 0 atom stereocenters. The molecule has 0 bridgehead atoms. The lowest BCUT2D eigenvalue weighted by molar-refractivity contribution is -0.117. The molecule has 3 rings (SSSR count). The fourth-order valence-corrected chi connectivity index (χ4v) is 4.22. The van der Waals surface area contributed by atoms with Crippen LogP contribution in [0, 0.1) is 0 Å². The Kier molecular flexibility index (Phi) is 5.69. The summed E-state index contributed by atoms with van der Waals surface area (Å²) >= 11 is 0. The van der Waals surface area contributed by atoms with Gasteiger partial charge in [-0.15, -0.1) is 0 Å². The fraction of sp³-hybridized carbons (Fsp3) is 0.300. The molecular weight excluding hydrogens is 378 g/mol. The summed E-state index contributed by atoms with van der Waals surface area (Å²) in [6.45, 7) is 4.03. The molecule has 1 heterocycles. The Hall–Kier alpha value is -2.87. The number of anilines is 3. The molecular formula is C20H23N3O4S. The largest absolute Gasteiger partial charge is 0.326 e. The number of hydrogen-bond donors (Lipinski definition) is 2. The Labute approximate surface area is 164 Å². The van der Waals surface area contributed by atoms with E-state index in [4.69, 9.17) is 0 Å². The highest BCUT2D eigenvalue weighted by molar-refractivity contribution is 7.92. The Morgan fingerprint density at radius 3 is 2.39 bits per heavy atom. The van der Waals surface area contributed by atoms with E-state index in [1.807, 2.05) is 6.92 Å². The Bertz CT molecular complexity index is 1000. The molecule has 0 unspecified atom stereocenters. The van der Waals surface area contributed by atoms with E-state index in [0.29, 0.717) is 30.8 Å². The predicted molar refractivity (Wildman–Crippen MR) is 109 cm³/mol. The summed E-state index contributed by atoms with van der Waals surface area (Å²) in [5.74, 6) is -0.132. The van der Waals surface area contributed by atoms with Gasteiger partial charge < -0.3 is 10.2 Å². The smallest absolute Gasteiger partial charge is 0.261 e. The number of carbonyl (C=O) groups is 2. The molecule has 0 aliphatic carbocycles. The zero-order valence-electron chi connectivity index (χ0n) is 15.9. The highest BCUT2D eigenvalue weighted by Crippen LogP contribution is 2.31. The maximum absolute atomic E-state index is 12.6. The lowest BCUT2D eigenvalue weighted by Crippen LogP contribution is -2.25. The quantitative estimate of drug-likeness (QED) is 0.777. The number of fused-ring (bicyclic) bond motifs is 1. The maximum atomic E-state index is 12.6. The van der Waals surface area contributed by atoms with E-state index in [1.54, 1.807) is 35.2 Å². The van der Waals surface area contributed by atoms with Crippen LogP contribution in [0.15, 0.2) is 47.4 Å². The van der Waals surface area contributed by atoms with Gasteiger partial charge in [0.25, 0.3) is 10.0 Å². The summed E-state index contributed by atoms with van der Waals surface area (Å²) in [6.07, 6.45) is 1.85. The third-order valence-corrected chi connectivity index (χ3v) is 5.93. The van der Waals surface area contributed by atoms with Gasteiger partial charge in [-0.2, -0.15) is 0 Å². The Balaban J connectivity index is 1.74. The van der Waals surface area contributed by atoms with Crippen LogP contribution in [0.2, 0.25) is 0 Å². The highest BCUT2D eigenvalue weighted by Gasteiger charge is 2.23. The highest BCUT2D eigenvalue weighted by atomic mass is 32.2. The molecule has 0 spiro atoms. The van der Waals surface area contributed by atoms with Crippen LogP contribution in [0.4, 0.5) is 17.1 Å². The minimum atomic E-state index is -3.76. The zero-order valence-corrected chi connectivity index (χ0v) is 16.7. The van der Waals surface area contributed by atoms with Gasteiger partial charge in [-0.25, -0.2) is 8.42 Å². The molecule has 1 aliphatic heterocycles. The van der Waals surface area contributed by atoms with Crippen molar-refractivity contribution < 1.29 is 18.0 Å². The van der Waals surface area contributed by atoms with E-state index in [9.17, 15) is 18.0 Å². The van der Waals surface area contributed by atoms with E-state index < -0.39 is 10.0 Å². The van der Waals surface area contributed by atoms with Crippen molar-refractivity contribution in [2.24, 2.45) is 0 Å². The minimum Gasteiger partial charge on any atom is -0.326 e. The molecule has 0 fully saturated rings. The third-order valence-electron chi connectivity index (χ3n) is 4.53. The first-order chi connectivity index (χ1) is 13.3. The number of sulfonamides is 1. The number of nitrogens with one attached hydrogen (secondary N) is 2. The predicted octanol–water partition coefficient (Wildman–Crippen LogP) is 3.14. The van der Waals surface area contributed by atoms with Crippen molar-refractivity contribution in [2.45, 2.75) is 38.0 Å². The normalized spacial score (nSPS) is 13.1. The molecule has 0 radical (unpaired) electrons. The van der Waals surface area contributed by atoms with Crippen LogP contribution >= 0.6 is 0 Å². The molecule has 2 amide bonds. The van der Waals surface area contributed by atoms with Crippen molar-refractivity contribution in [3.8, 4) is 0 Å². The van der Waals surface area contributed by atoms with Crippen LogP contribution < -0.4 is 14.9 Å². The summed E-state index contributed by atoms with van der Waals surface area (Å²) in [7, 11) is -3.76. The van der Waals surface area contributed by atoms with Gasteiger partial charge in [0.05, 0.1) is 4.90 Å². The molecule has 0 saturated heterocycles. The van der Waals surface area contributed by atoms with Crippen molar-refractivity contribution in [1.82, 2.24) is 0 Å². The zero-order chi connectivity index (χ0) is 20.3. The van der Waals surface area contributed by atoms with Crippen LogP contribution in [0.1, 0.15) is 32.3 Å². The van der Waals surface area contributed by atoms with Gasteiger partial charge in [0.1, 0.15) is 0 Å². The monoisotopic (exact) mass is 401 g/mol. The Morgan fingerprint density at radius 1 is 1.07 bits per heavy atom. The van der Waals surface area contributed by atoms with Crippen LogP contribution in [0.25, 0.3) is 0 Å². The van der Waals surface area contributed by atoms with Crippen molar-refractivity contribution in [2.75, 3.05) is 21.5 Å². The van der Waals surface area contributed by atoms with Crippen molar-refractivity contribution in [3.05, 3.63) is 48.0 Å². The third kappa shape index (κ3) is 4.33. The maximum Gasteiger partial charge on any atom is 0.261 e. The standard InChI is InChI=1S/C20H23N3O4S/c1-3-4-20(25)21-16-5-8-18(9-6-16)28(26,27)22-17-7-10-19-15(13-17)11-12-23(19)14(2)24/h5-10,13,22H,3-4,11-12H2,1-2H3,(H,21,25). The second-order valence-corrected chi connectivity index (χ2v) is 8.37. The number of amides is 2. The van der Waals surface area contributed by atoms with Gasteiger partial charge in [0.15, 0.2) is 0 Å². The lowest BCUT2D eigenvalue weighted by atomic mass is 10.1. The van der Waals surface area contributed by atoms with Gasteiger partial charge >= 0.3 is 0 Å². The van der Waals surface area contributed by atoms with Gasteiger partial charge in [-0.1, -0.05) is 6.92 Å². The number of nitrogens with zero attached hydrogens (tertiary/aromatic N) is 1. The van der Waals surface area contributed by atoms with Crippen molar-refractivity contribution in [1.29, 1.82) is 0 Å². The van der Waals surface area contributed by atoms with E-state index >= 15 is 0 Å². The van der Waals surface area contributed by atoms with E-state index in [2.05, 4.69) is 10.0 Å². The number of hydrogen-bond acceptors (Lipinski definition) is 4. The first-order valence-corrected chi connectivity index (χ1v) is 10.6. The summed E-state index contributed by atoms with van der Waals surface area (Å²) < 4.78 is 27.9. The second-order valence-electron chi connectivity index (χ2n) is 6.69. The van der Waals surface area contributed by atoms with Crippen LogP contribution in [-0.2, 0) is 26.0 Å². The van der Waals surface area contributed by atoms with Gasteiger partial charge in [0, 0.05) is 37.0 Å². The lowest BCUT2D eigenvalue weighted by Gasteiger charge is -2.15. The SMILES string of the molecule is CCCC(=O)Nc1ccc(S(=O)(=O)Nc2ccc3c(c2)CCN3C(C)=O)cc1. The average Bonchev–Trinajstić information content (AvgIpc) is 3.05. The molecule has 0 saturated carbocycles. The summed E-state index contributed by atoms with van der Waals surface area (Å²) in [5.41, 5.74) is 2.76. The topological polar surface area (TPSA) is 95.6 Å². The molecule has 8 heteroatoms. The van der Waals surface area contributed by atoms with Crippen LogP contribution in [0.5, 0.6) is 0 Å². The summed E-state index contributed by atoms with van der Waals surface area (Å²) in [5, 5.41) is 2.73. The molecule has 0 aromatic heterocycles. The van der Waals surface area contributed by atoms with E-state index in [-0.39, 0.29) is 16.7 Å². The minimum absolute atomic E-state index is 0.0294. The van der Waals surface area contributed by atoms with Crippen molar-refractivity contribution in [3.63, 3.8) is 0 Å². The van der Waals surface area contributed by atoms with Gasteiger partial charge in [0.2, 0.25) is 11.8 Å². The molecule has 1 aliphatic rings. The fourth-order valence-electron chi connectivity index (χ4n) is 3.17. The summed E-state index contributed by atoms with van der Waals surface area (Å²) in [6, 6.07) is 11.2. The number of rotatable bonds is 6. The van der Waals surface area contributed by atoms with Crippen molar-refractivity contribution >= 4 is 38.9 Å². The van der Waals surface area contributed by atoms with E-state index in [1.165, 1.54) is 19.1 Å². The number of carbonyl (C=O) groups excluding carboxylic acids is 2. The molecule has 7 nitrogen and oxygen atoms in total. The first kappa shape index (κ1) is 19.9. The molecule has 28 heavy (non-hydrogen) atoms. The first-order valence-electron chi connectivity index (χ1n) is 9.14. The van der Waals surface area contributed by atoms with Crippen LogP contribution in [-0.4, -0.2) is 26.8 Å². The second kappa shape index (κ2) is 8.02. The average molecular weight is 401 g/mol. The van der Waals surface area contributed by atoms with E-state index in [0.717, 1.165) is 17.7 Å². The van der Waals surface area contributed by atoms with Gasteiger partial charge in [-0.3, -0.25) is 14.3 Å².